The van der Waals surface area contributed by atoms with Gasteiger partial charge in [-0.3, -0.25) is 15.1 Å². The average molecular weight is 468 g/mol. The molecule has 8 heterocycles. The molecule has 2 atom stereocenters. The first kappa shape index (κ1) is 20.2. The van der Waals surface area contributed by atoms with Crippen molar-refractivity contribution in [2.75, 3.05) is 25.1 Å². The van der Waals surface area contributed by atoms with E-state index in [1.807, 2.05) is 24.5 Å². The summed E-state index contributed by atoms with van der Waals surface area (Å²) in [5.41, 5.74) is 4.40. The predicted molar refractivity (Wildman–Crippen MR) is 129 cm³/mol. The Morgan fingerprint density at radius 2 is 1.97 bits per heavy atom. The zero-order valence-electron chi connectivity index (χ0n) is 19.1. The molecule has 10 nitrogen and oxygen atoms in total. The summed E-state index contributed by atoms with van der Waals surface area (Å²) in [5.74, 6) is 1.51. The van der Waals surface area contributed by atoms with Crippen LogP contribution in [0.25, 0.3) is 27.7 Å². The maximum absolute atomic E-state index is 12.3. The van der Waals surface area contributed by atoms with Crippen LogP contribution in [0.2, 0.25) is 0 Å². The minimum Gasteiger partial charge on any atom is -0.481 e. The van der Waals surface area contributed by atoms with Crippen molar-refractivity contribution in [2.24, 2.45) is 0 Å². The number of aromatic nitrogens is 6. The number of nitrogens with one attached hydrogen (secondary N) is 1. The van der Waals surface area contributed by atoms with E-state index in [1.54, 1.807) is 23.9 Å². The smallest absolute Gasteiger partial charge is 0.212 e. The van der Waals surface area contributed by atoms with Gasteiger partial charge >= 0.3 is 0 Å². The minimum absolute atomic E-state index is 0.0991. The average Bonchev–Trinajstić information content (AvgIpc) is 3.48. The molecule has 35 heavy (non-hydrogen) atoms. The molecule has 8 rings (SSSR count). The van der Waals surface area contributed by atoms with Gasteiger partial charge < -0.3 is 9.64 Å². The van der Waals surface area contributed by atoms with Crippen LogP contribution in [0.1, 0.15) is 12.0 Å². The lowest BCUT2D eigenvalue weighted by atomic mass is 9.87. The van der Waals surface area contributed by atoms with Gasteiger partial charge in [-0.2, -0.15) is 5.10 Å². The van der Waals surface area contributed by atoms with E-state index in [-0.39, 0.29) is 5.75 Å². The van der Waals surface area contributed by atoms with E-state index in [0.29, 0.717) is 23.6 Å². The molecule has 0 amide bonds. The molecule has 1 N–H and O–H groups in total. The van der Waals surface area contributed by atoms with Gasteiger partial charge in [0.25, 0.3) is 0 Å². The fourth-order valence-electron chi connectivity index (χ4n) is 5.46. The molecule has 3 aliphatic rings. The maximum atomic E-state index is 12.3. The molecule has 5 aromatic rings. The third-order valence-electron chi connectivity index (χ3n) is 7.20. The molecule has 0 spiro atoms. The van der Waals surface area contributed by atoms with Crippen LogP contribution in [0.15, 0.2) is 55.1 Å². The van der Waals surface area contributed by atoms with Crippen molar-refractivity contribution in [3.63, 3.8) is 0 Å². The number of fused-ring (bicyclic) bond motifs is 5. The highest BCUT2D eigenvalue weighted by atomic mass is 16.5. The number of hydrogen-bond donors (Lipinski definition) is 1. The van der Waals surface area contributed by atoms with E-state index in [0.717, 1.165) is 47.5 Å². The predicted octanol–water partition coefficient (Wildman–Crippen LogP) is 3.28. The highest BCUT2D eigenvalue weighted by molar-refractivity contribution is 6.00. The third-order valence-corrected chi connectivity index (χ3v) is 7.20. The number of aromatic amines is 1. The van der Waals surface area contributed by atoms with Gasteiger partial charge in [0.1, 0.15) is 5.82 Å². The number of nitrogens with zero attached hydrogens (tertiary/aromatic N) is 7. The normalized spacial score (nSPS) is 19.9. The lowest BCUT2D eigenvalue weighted by Gasteiger charge is -2.56. The zero-order chi connectivity index (χ0) is 23.5. The fourth-order valence-corrected chi connectivity index (χ4v) is 5.46. The van der Waals surface area contributed by atoms with Crippen LogP contribution in [-0.2, 0) is 11.7 Å². The molecule has 2 bridgehead atoms. The molecular formula is C25H23N8O2. The number of methoxy groups -OCH3 is 1. The molecule has 3 fully saturated rings. The van der Waals surface area contributed by atoms with Crippen LogP contribution in [0, 0.1) is 0 Å². The van der Waals surface area contributed by atoms with E-state index in [1.165, 1.54) is 18.2 Å². The molecule has 0 aliphatic carbocycles. The van der Waals surface area contributed by atoms with Crippen molar-refractivity contribution >= 4 is 22.4 Å². The number of piperidine rings is 1. The van der Waals surface area contributed by atoms with E-state index < -0.39 is 0 Å². The first-order chi connectivity index (χ1) is 17.2. The van der Waals surface area contributed by atoms with Crippen LogP contribution in [0.4, 0.5) is 5.82 Å². The summed E-state index contributed by atoms with van der Waals surface area (Å²) in [5, 5.41) is 24.6. The summed E-state index contributed by atoms with van der Waals surface area (Å²) in [6.45, 7) is 2.80. The molecule has 2 unspecified atom stereocenters. The summed E-state index contributed by atoms with van der Waals surface area (Å²) in [7, 11) is 1.63. The van der Waals surface area contributed by atoms with Crippen molar-refractivity contribution < 1.29 is 9.84 Å². The second-order valence-electron chi connectivity index (χ2n) is 9.25. The van der Waals surface area contributed by atoms with Crippen LogP contribution >= 0.6 is 0 Å². The number of ether oxygens (including phenoxy) is 1. The van der Waals surface area contributed by atoms with Gasteiger partial charge in [-0.15, -0.1) is 5.10 Å². The van der Waals surface area contributed by atoms with Gasteiger partial charge in [0, 0.05) is 61.3 Å². The molecular weight excluding hydrogens is 444 g/mol. The van der Waals surface area contributed by atoms with Gasteiger partial charge in [-0.05, 0) is 30.2 Å². The Hall–Kier alpha value is -4.18. The number of piperazine rings is 1. The van der Waals surface area contributed by atoms with Crippen molar-refractivity contribution in [2.45, 2.75) is 25.0 Å². The Kier molecular flexibility index (Phi) is 4.43. The topological polar surface area (TPSA) is 107 Å². The van der Waals surface area contributed by atoms with Crippen LogP contribution in [0.3, 0.4) is 0 Å². The highest BCUT2D eigenvalue weighted by Gasteiger charge is 2.44. The maximum Gasteiger partial charge on any atom is 0.212 e. The third kappa shape index (κ3) is 3.28. The molecule has 5 aromatic heterocycles. The lowest BCUT2D eigenvalue weighted by molar-refractivity contribution is -0.00876. The highest BCUT2D eigenvalue weighted by Crippen LogP contribution is 2.37. The van der Waals surface area contributed by atoms with Crippen LogP contribution in [0.5, 0.6) is 11.6 Å². The first-order valence-corrected chi connectivity index (χ1v) is 11.6. The van der Waals surface area contributed by atoms with Crippen molar-refractivity contribution in [3.8, 4) is 22.8 Å². The van der Waals surface area contributed by atoms with E-state index >= 15 is 0 Å². The van der Waals surface area contributed by atoms with Crippen LogP contribution < -0.4 is 9.64 Å². The largest absolute Gasteiger partial charge is 0.481 e. The Labute approximate surface area is 200 Å². The number of rotatable bonds is 5. The SMILES string of the molecule is COc1ccc(CN2C3CC2CN(c2ccc(-c4cc([O])cn5nc6[nH]ncc6c45)cn2)C3)cn1. The molecule has 175 valence electrons. The molecule has 3 aliphatic heterocycles. The van der Waals surface area contributed by atoms with Gasteiger partial charge in [0.05, 0.1) is 30.4 Å². The summed E-state index contributed by atoms with van der Waals surface area (Å²) < 4.78 is 6.79. The molecule has 1 radical (unpaired) electrons. The van der Waals surface area contributed by atoms with Crippen molar-refractivity contribution in [3.05, 3.63) is 60.7 Å². The molecule has 10 heteroatoms. The number of anilines is 1. The number of hydrogen-bond acceptors (Lipinski definition) is 7. The standard InChI is InChI=1S/C25H23N8O2/c1-35-23-5-2-15(8-27-23)11-32-17-6-18(32)13-31(12-17)22-4-3-16(9-26-22)20-7-19(34)14-33-24(20)21-10-28-29-25(21)30-33/h2-5,7-10,14,17-18H,6,11-13H2,1H3,(H,29,30). The summed E-state index contributed by atoms with van der Waals surface area (Å²) in [6.07, 6.45) is 8.19. The molecule has 0 aromatic carbocycles. The second kappa shape index (κ2) is 7.67. The van der Waals surface area contributed by atoms with Crippen molar-refractivity contribution in [1.82, 2.24) is 34.7 Å². The Balaban J connectivity index is 1.10. The fraction of sp³-hybridized carbons (Fsp3) is 0.280. The minimum atomic E-state index is -0.0991. The quantitative estimate of drug-likeness (QED) is 0.423. The molecule has 3 saturated heterocycles. The lowest BCUT2D eigenvalue weighted by Crippen LogP contribution is -2.68. The van der Waals surface area contributed by atoms with Gasteiger partial charge in [0.15, 0.2) is 11.4 Å². The summed E-state index contributed by atoms with van der Waals surface area (Å²) in [6, 6.07) is 10.8. The monoisotopic (exact) mass is 467 g/mol. The summed E-state index contributed by atoms with van der Waals surface area (Å²) in [4.78, 5) is 14.0. The number of H-pyrrole nitrogens is 1. The molecule has 0 saturated carbocycles. The van der Waals surface area contributed by atoms with Gasteiger partial charge in [-0.25, -0.2) is 14.5 Å². The van der Waals surface area contributed by atoms with E-state index in [4.69, 9.17) is 9.72 Å². The van der Waals surface area contributed by atoms with Crippen molar-refractivity contribution in [1.29, 1.82) is 0 Å². The Bertz CT molecular complexity index is 1510. The second-order valence-corrected chi connectivity index (χ2v) is 9.25. The zero-order valence-corrected chi connectivity index (χ0v) is 19.1. The Morgan fingerprint density at radius 3 is 2.71 bits per heavy atom. The first-order valence-electron chi connectivity index (χ1n) is 11.6. The van der Waals surface area contributed by atoms with Crippen LogP contribution in [-0.4, -0.2) is 67.0 Å². The van der Waals surface area contributed by atoms with Gasteiger partial charge in [-0.1, -0.05) is 6.07 Å². The summed E-state index contributed by atoms with van der Waals surface area (Å²) >= 11 is 0. The van der Waals surface area contributed by atoms with E-state index in [2.05, 4.69) is 42.2 Å². The van der Waals surface area contributed by atoms with E-state index in [9.17, 15) is 5.11 Å². The van der Waals surface area contributed by atoms with Gasteiger partial charge in [0.2, 0.25) is 5.88 Å². The number of pyridine rings is 3. The Morgan fingerprint density at radius 1 is 1.09 bits per heavy atom.